The SMILES string of the molecule is CC(C)(C)c1ccc(CN(CCO)C(C)(C)C)cc1. The molecule has 2 nitrogen and oxygen atoms in total. The van der Waals surface area contributed by atoms with E-state index in [-0.39, 0.29) is 17.6 Å². The van der Waals surface area contributed by atoms with Crippen molar-refractivity contribution in [1.29, 1.82) is 0 Å². The third-order valence-electron chi connectivity index (χ3n) is 3.51. The van der Waals surface area contributed by atoms with Crippen LogP contribution in [0.3, 0.4) is 0 Å². The van der Waals surface area contributed by atoms with Gasteiger partial charge < -0.3 is 5.11 Å². The first-order valence-electron chi connectivity index (χ1n) is 7.10. The maximum Gasteiger partial charge on any atom is 0.0558 e. The Kier molecular flexibility index (Phi) is 5.17. The number of aliphatic hydroxyl groups excluding tert-OH is 1. The van der Waals surface area contributed by atoms with Gasteiger partial charge in [0, 0.05) is 18.6 Å². The molecule has 0 spiro atoms. The molecule has 0 amide bonds. The predicted octanol–water partition coefficient (Wildman–Crippen LogP) is 3.58. The summed E-state index contributed by atoms with van der Waals surface area (Å²) < 4.78 is 0. The third kappa shape index (κ3) is 4.96. The number of hydrogen-bond acceptors (Lipinski definition) is 2. The zero-order valence-corrected chi connectivity index (χ0v) is 13.3. The molecular weight excluding hydrogens is 234 g/mol. The van der Waals surface area contributed by atoms with Crippen molar-refractivity contribution in [1.82, 2.24) is 4.90 Å². The van der Waals surface area contributed by atoms with E-state index >= 15 is 0 Å². The summed E-state index contributed by atoms with van der Waals surface area (Å²) in [7, 11) is 0. The number of hydrogen-bond donors (Lipinski definition) is 1. The predicted molar refractivity (Wildman–Crippen MR) is 82.4 cm³/mol. The van der Waals surface area contributed by atoms with Crippen molar-refractivity contribution in [3.05, 3.63) is 35.4 Å². The van der Waals surface area contributed by atoms with Gasteiger partial charge >= 0.3 is 0 Å². The first-order chi connectivity index (χ1) is 8.64. The van der Waals surface area contributed by atoms with Gasteiger partial charge in [0.05, 0.1) is 6.61 Å². The molecule has 0 unspecified atom stereocenters. The lowest BCUT2D eigenvalue weighted by atomic mass is 9.86. The third-order valence-corrected chi connectivity index (χ3v) is 3.51. The van der Waals surface area contributed by atoms with Crippen LogP contribution in [0.4, 0.5) is 0 Å². The summed E-state index contributed by atoms with van der Waals surface area (Å²) in [6.07, 6.45) is 0. The van der Waals surface area contributed by atoms with Crippen molar-refractivity contribution in [3.63, 3.8) is 0 Å². The molecule has 0 aliphatic rings. The maximum atomic E-state index is 9.19. The van der Waals surface area contributed by atoms with Crippen LogP contribution in [0.25, 0.3) is 0 Å². The second-order valence-corrected chi connectivity index (χ2v) is 7.26. The minimum Gasteiger partial charge on any atom is -0.395 e. The van der Waals surface area contributed by atoms with E-state index in [0.717, 1.165) is 6.54 Å². The highest BCUT2D eigenvalue weighted by atomic mass is 16.3. The summed E-state index contributed by atoms with van der Waals surface area (Å²) in [5.41, 5.74) is 2.94. The van der Waals surface area contributed by atoms with Gasteiger partial charge in [0.1, 0.15) is 0 Å². The molecule has 0 aliphatic carbocycles. The van der Waals surface area contributed by atoms with E-state index in [1.165, 1.54) is 11.1 Å². The number of aliphatic hydroxyl groups is 1. The molecule has 0 aliphatic heterocycles. The number of benzene rings is 1. The molecular formula is C17H29NO. The minimum absolute atomic E-state index is 0.0748. The Hall–Kier alpha value is -0.860. The maximum absolute atomic E-state index is 9.19. The molecule has 108 valence electrons. The van der Waals surface area contributed by atoms with E-state index in [9.17, 15) is 5.11 Å². The Morgan fingerprint density at radius 1 is 0.947 bits per heavy atom. The average molecular weight is 263 g/mol. The Labute approximate surface area is 118 Å². The summed E-state index contributed by atoms with van der Waals surface area (Å²) in [6, 6.07) is 8.84. The first kappa shape index (κ1) is 16.2. The summed E-state index contributed by atoms with van der Waals surface area (Å²) in [4.78, 5) is 2.30. The molecule has 1 aromatic carbocycles. The smallest absolute Gasteiger partial charge is 0.0558 e. The van der Waals surface area contributed by atoms with Crippen molar-refractivity contribution >= 4 is 0 Å². The van der Waals surface area contributed by atoms with Crippen molar-refractivity contribution in [2.24, 2.45) is 0 Å². The van der Waals surface area contributed by atoms with E-state index < -0.39 is 0 Å². The molecule has 0 atom stereocenters. The van der Waals surface area contributed by atoms with Crippen LogP contribution in [0.1, 0.15) is 52.7 Å². The fraction of sp³-hybridized carbons (Fsp3) is 0.647. The van der Waals surface area contributed by atoms with Gasteiger partial charge in [-0.05, 0) is 37.3 Å². The zero-order chi connectivity index (χ0) is 14.7. The molecule has 1 N–H and O–H groups in total. The number of rotatable bonds is 4. The van der Waals surface area contributed by atoms with Crippen molar-refractivity contribution in [2.75, 3.05) is 13.2 Å². The van der Waals surface area contributed by atoms with Crippen LogP contribution in [0.5, 0.6) is 0 Å². The van der Waals surface area contributed by atoms with Crippen LogP contribution >= 0.6 is 0 Å². The number of nitrogens with zero attached hydrogens (tertiary/aromatic N) is 1. The monoisotopic (exact) mass is 263 g/mol. The van der Waals surface area contributed by atoms with Gasteiger partial charge in [-0.3, -0.25) is 4.90 Å². The molecule has 1 aromatic rings. The zero-order valence-electron chi connectivity index (χ0n) is 13.3. The summed E-state index contributed by atoms with van der Waals surface area (Å²) in [6.45, 7) is 15.1. The fourth-order valence-corrected chi connectivity index (χ4v) is 2.10. The minimum atomic E-state index is 0.0748. The van der Waals surface area contributed by atoms with Gasteiger partial charge in [-0.25, -0.2) is 0 Å². The highest BCUT2D eigenvalue weighted by Gasteiger charge is 2.21. The lowest BCUT2D eigenvalue weighted by molar-refractivity contribution is 0.0984. The van der Waals surface area contributed by atoms with Gasteiger partial charge in [-0.2, -0.15) is 0 Å². The lowest BCUT2D eigenvalue weighted by Crippen LogP contribution is -2.42. The van der Waals surface area contributed by atoms with E-state index in [1.807, 2.05) is 0 Å². The molecule has 0 fully saturated rings. The topological polar surface area (TPSA) is 23.5 Å². The average Bonchev–Trinajstić information content (AvgIpc) is 2.26. The quantitative estimate of drug-likeness (QED) is 0.897. The Bertz CT molecular complexity index is 381. The molecule has 19 heavy (non-hydrogen) atoms. The van der Waals surface area contributed by atoms with Crippen LogP contribution in [0, 0.1) is 0 Å². The van der Waals surface area contributed by atoms with E-state index in [2.05, 4.69) is 70.7 Å². The molecule has 0 saturated heterocycles. The van der Waals surface area contributed by atoms with Gasteiger partial charge in [-0.15, -0.1) is 0 Å². The Morgan fingerprint density at radius 3 is 1.84 bits per heavy atom. The summed E-state index contributed by atoms with van der Waals surface area (Å²) in [5.74, 6) is 0. The molecule has 0 bridgehead atoms. The highest BCUT2D eigenvalue weighted by molar-refractivity contribution is 5.27. The fourth-order valence-electron chi connectivity index (χ4n) is 2.10. The van der Waals surface area contributed by atoms with Crippen LogP contribution in [0.2, 0.25) is 0 Å². The summed E-state index contributed by atoms with van der Waals surface area (Å²) in [5, 5.41) is 9.19. The van der Waals surface area contributed by atoms with E-state index in [0.29, 0.717) is 6.54 Å². The first-order valence-corrected chi connectivity index (χ1v) is 7.10. The molecule has 0 saturated carbocycles. The highest BCUT2D eigenvalue weighted by Crippen LogP contribution is 2.23. The van der Waals surface area contributed by atoms with Crippen LogP contribution in [-0.2, 0) is 12.0 Å². The molecule has 0 heterocycles. The van der Waals surface area contributed by atoms with Crippen molar-refractivity contribution < 1.29 is 5.11 Å². The van der Waals surface area contributed by atoms with Gasteiger partial charge in [0.25, 0.3) is 0 Å². The van der Waals surface area contributed by atoms with Gasteiger partial charge in [0.2, 0.25) is 0 Å². The number of β-amino-alcohol motifs (C(OH)–C–C–N with tert-alkyl or cyclic N) is 1. The molecule has 0 aromatic heterocycles. The van der Waals surface area contributed by atoms with Gasteiger partial charge in [0.15, 0.2) is 0 Å². The molecule has 1 rings (SSSR count). The van der Waals surface area contributed by atoms with Crippen molar-refractivity contribution in [2.45, 2.75) is 59.0 Å². The second-order valence-electron chi connectivity index (χ2n) is 7.26. The summed E-state index contributed by atoms with van der Waals surface area (Å²) >= 11 is 0. The lowest BCUT2D eigenvalue weighted by Gasteiger charge is -2.35. The van der Waals surface area contributed by atoms with Gasteiger partial charge in [-0.1, -0.05) is 45.0 Å². The van der Waals surface area contributed by atoms with E-state index in [1.54, 1.807) is 0 Å². The van der Waals surface area contributed by atoms with E-state index in [4.69, 9.17) is 0 Å². The Morgan fingerprint density at radius 2 is 1.47 bits per heavy atom. The van der Waals surface area contributed by atoms with Crippen LogP contribution in [-0.4, -0.2) is 28.7 Å². The van der Waals surface area contributed by atoms with Crippen molar-refractivity contribution in [3.8, 4) is 0 Å². The normalized spacial score (nSPS) is 13.1. The second kappa shape index (κ2) is 6.06. The molecule has 2 heteroatoms. The standard InChI is InChI=1S/C17H29NO/c1-16(2,3)15-9-7-14(8-10-15)13-18(11-12-19)17(4,5)6/h7-10,19H,11-13H2,1-6H3. The Balaban J connectivity index is 2.81. The van der Waals surface area contributed by atoms with Crippen LogP contribution < -0.4 is 0 Å². The van der Waals surface area contributed by atoms with Crippen LogP contribution in [0.15, 0.2) is 24.3 Å². The largest absolute Gasteiger partial charge is 0.395 e. The molecule has 0 radical (unpaired) electrons.